The van der Waals surface area contributed by atoms with Gasteiger partial charge in [-0.3, -0.25) is 4.79 Å². The van der Waals surface area contributed by atoms with E-state index in [1.54, 1.807) is 13.3 Å². The number of rotatable bonds is 12. The van der Waals surface area contributed by atoms with Gasteiger partial charge in [-0.2, -0.15) is 0 Å². The predicted octanol–water partition coefficient (Wildman–Crippen LogP) is 6.87. The van der Waals surface area contributed by atoms with Crippen LogP contribution in [0, 0.1) is 32.6 Å². The number of benzene rings is 2. The lowest BCUT2D eigenvalue weighted by Crippen LogP contribution is -2.03. The summed E-state index contributed by atoms with van der Waals surface area (Å²) in [7, 11) is 1.56. The van der Waals surface area contributed by atoms with Crippen LogP contribution >= 0.6 is 0 Å². The van der Waals surface area contributed by atoms with Gasteiger partial charge < -0.3 is 19.4 Å². The van der Waals surface area contributed by atoms with Gasteiger partial charge in [0, 0.05) is 18.2 Å². The third kappa shape index (κ3) is 6.77. The Morgan fingerprint density at radius 2 is 1.79 bits per heavy atom. The lowest BCUT2D eigenvalue weighted by Gasteiger charge is -2.15. The molecule has 1 aliphatic rings. The maximum Gasteiger partial charge on any atom is 0.307 e. The number of carbonyl (C=O) groups is 1. The van der Waals surface area contributed by atoms with E-state index in [4.69, 9.17) is 14.3 Å². The van der Waals surface area contributed by atoms with Crippen molar-refractivity contribution >= 4 is 11.7 Å². The zero-order chi connectivity index (χ0) is 28.1. The molecule has 3 atom stereocenters. The van der Waals surface area contributed by atoms with Crippen molar-refractivity contribution in [1.29, 1.82) is 0 Å². The molecule has 0 amide bonds. The van der Waals surface area contributed by atoms with E-state index in [2.05, 4.69) is 48.3 Å². The molecular weight excluding hydrogens is 492 g/mol. The van der Waals surface area contributed by atoms with Crippen molar-refractivity contribution in [2.75, 3.05) is 13.7 Å². The summed E-state index contributed by atoms with van der Waals surface area (Å²) in [6, 6.07) is 14.4. The van der Waals surface area contributed by atoms with Gasteiger partial charge in [-0.05, 0) is 104 Å². The average Bonchev–Trinajstić information content (AvgIpc) is 3.56. The summed E-state index contributed by atoms with van der Waals surface area (Å²) >= 11 is 0. The molecule has 39 heavy (non-hydrogen) atoms. The molecular formula is C32H38N2O5. The van der Waals surface area contributed by atoms with Crippen molar-refractivity contribution in [2.24, 2.45) is 17.0 Å². The van der Waals surface area contributed by atoms with E-state index < -0.39 is 5.97 Å². The molecule has 1 heterocycles. The van der Waals surface area contributed by atoms with E-state index in [0.29, 0.717) is 19.1 Å². The van der Waals surface area contributed by atoms with E-state index in [1.165, 1.54) is 5.56 Å². The summed E-state index contributed by atoms with van der Waals surface area (Å²) in [5, 5.41) is 13.3. The first-order valence-corrected chi connectivity index (χ1v) is 13.4. The minimum atomic E-state index is -0.737. The van der Waals surface area contributed by atoms with E-state index in [-0.39, 0.29) is 17.8 Å². The number of hydrogen-bond donors (Lipinski definition) is 1. The van der Waals surface area contributed by atoms with Gasteiger partial charge in [0.25, 0.3) is 0 Å². The Hall–Kier alpha value is -3.87. The molecule has 3 aromatic rings. The average molecular weight is 531 g/mol. The smallest absolute Gasteiger partial charge is 0.307 e. The second-order valence-electron chi connectivity index (χ2n) is 10.5. The Morgan fingerprint density at radius 1 is 1.05 bits per heavy atom. The van der Waals surface area contributed by atoms with Crippen molar-refractivity contribution in [3.63, 3.8) is 0 Å². The lowest BCUT2D eigenvalue weighted by atomic mass is 9.94. The first-order valence-electron chi connectivity index (χ1n) is 13.4. The molecule has 0 radical (unpaired) electrons. The molecule has 0 aliphatic heterocycles. The van der Waals surface area contributed by atoms with Crippen LogP contribution in [-0.4, -0.2) is 35.5 Å². The van der Waals surface area contributed by atoms with Crippen molar-refractivity contribution in [3.8, 4) is 22.8 Å². The van der Waals surface area contributed by atoms with Crippen molar-refractivity contribution in [2.45, 2.75) is 60.0 Å². The third-order valence-corrected chi connectivity index (χ3v) is 7.46. The number of ether oxygens (including phenoxy) is 2. The Morgan fingerprint density at radius 3 is 2.44 bits per heavy atom. The number of carboxylic acids is 1. The van der Waals surface area contributed by atoms with Crippen LogP contribution < -0.4 is 9.47 Å². The van der Waals surface area contributed by atoms with Gasteiger partial charge >= 0.3 is 5.97 Å². The number of aliphatic carboxylic acids is 1. The normalized spacial score (nSPS) is 18.5. The van der Waals surface area contributed by atoms with Crippen LogP contribution in [0.25, 0.3) is 11.1 Å². The van der Waals surface area contributed by atoms with Crippen LogP contribution in [0.3, 0.4) is 0 Å². The number of pyridine rings is 1. The second-order valence-corrected chi connectivity index (χ2v) is 10.5. The van der Waals surface area contributed by atoms with Crippen molar-refractivity contribution in [1.82, 2.24) is 4.98 Å². The van der Waals surface area contributed by atoms with Crippen molar-refractivity contribution in [3.05, 3.63) is 76.5 Å². The summed E-state index contributed by atoms with van der Waals surface area (Å²) < 4.78 is 12.0. The molecule has 7 nitrogen and oxygen atoms in total. The van der Waals surface area contributed by atoms with Gasteiger partial charge in [0.15, 0.2) is 0 Å². The van der Waals surface area contributed by atoms with E-state index in [9.17, 15) is 9.90 Å². The molecule has 0 spiro atoms. The highest BCUT2D eigenvalue weighted by Gasteiger charge is 2.53. The topological polar surface area (TPSA) is 90.2 Å². The summed E-state index contributed by atoms with van der Waals surface area (Å²) in [4.78, 5) is 20.7. The Kier molecular flexibility index (Phi) is 8.90. The molecule has 2 aromatic carbocycles. The fourth-order valence-electron chi connectivity index (χ4n) is 5.44. The van der Waals surface area contributed by atoms with Crippen LogP contribution in [0.15, 0.2) is 53.8 Å². The number of hydrogen-bond acceptors (Lipinski definition) is 6. The highest BCUT2D eigenvalue weighted by atomic mass is 16.6. The summed E-state index contributed by atoms with van der Waals surface area (Å²) in [6.07, 6.45) is 3.49. The summed E-state index contributed by atoms with van der Waals surface area (Å²) in [6.45, 7) is 11.1. The second kappa shape index (κ2) is 12.3. The Bertz CT molecular complexity index is 1340. The third-order valence-electron chi connectivity index (χ3n) is 7.46. The number of nitrogens with zero attached hydrogens (tertiary/aromatic N) is 2. The van der Waals surface area contributed by atoms with Gasteiger partial charge in [-0.25, -0.2) is 4.98 Å². The van der Waals surface area contributed by atoms with Gasteiger partial charge in [0.1, 0.15) is 19.5 Å². The van der Waals surface area contributed by atoms with Crippen LogP contribution in [0.1, 0.15) is 60.4 Å². The van der Waals surface area contributed by atoms with Crippen LogP contribution in [0.5, 0.6) is 11.6 Å². The Labute approximate surface area is 230 Å². The minimum Gasteiger partial charge on any atom is -0.494 e. The van der Waals surface area contributed by atoms with Gasteiger partial charge in [-0.15, -0.1) is 0 Å². The standard InChI is InChI=1S/C32H38N2O5/c1-19-15-28(33-17-27(19)30-23(5)31(30)32(35)36)39-18-24-10-7-11-25(16-24)29-20(2)13-26(14-21(29)3)38-12-8-9-22(4)34-37-6/h7,10-11,13-17,23,30-31H,8-9,12,18H2,1-6H3,(H,35,36)/b34-22+/t23-,30-,31+/m1/s1. The minimum absolute atomic E-state index is 0.0311. The van der Waals surface area contributed by atoms with Crippen molar-refractivity contribution < 1.29 is 24.2 Å². The number of aromatic nitrogens is 1. The molecule has 4 rings (SSSR count). The molecule has 1 fully saturated rings. The highest BCUT2D eigenvalue weighted by molar-refractivity contribution is 5.81. The molecule has 1 N–H and O–H groups in total. The quantitative estimate of drug-likeness (QED) is 0.156. The molecule has 1 aliphatic carbocycles. The SMILES string of the molecule is CO/N=C(\C)CCCOc1cc(C)c(-c2cccc(COc3cc(C)c([C@H]4[C@@H](C)[C@@H]4C(=O)O)cn3)c2)c(C)c1. The molecule has 0 unspecified atom stereocenters. The first kappa shape index (κ1) is 28.1. The first-order chi connectivity index (χ1) is 18.7. The van der Waals surface area contributed by atoms with Crippen LogP contribution in [-0.2, 0) is 16.2 Å². The molecule has 1 saturated carbocycles. The predicted molar refractivity (Wildman–Crippen MR) is 153 cm³/mol. The summed E-state index contributed by atoms with van der Waals surface area (Å²) in [5.41, 5.74) is 8.65. The van der Waals surface area contributed by atoms with Crippen LogP contribution in [0.4, 0.5) is 0 Å². The number of oxime groups is 1. The van der Waals surface area contributed by atoms with E-state index in [0.717, 1.165) is 57.7 Å². The maximum atomic E-state index is 11.4. The van der Waals surface area contributed by atoms with E-state index >= 15 is 0 Å². The van der Waals surface area contributed by atoms with Crippen LogP contribution in [0.2, 0.25) is 0 Å². The highest BCUT2D eigenvalue weighted by Crippen LogP contribution is 2.54. The fourth-order valence-corrected chi connectivity index (χ4v) is 5.44. The zero-order valence-corrected chi connectivity index (χ0v) is 23.7. The van der Waals surface area contributed by atoms with Gasteiger partial charge in [0.05, 0.1) is 18.2 Å². The number of aryl methyl sites for hydroxylation is 3. The molecule has 0 bridgehead atoms. The monoisotopic (exact) mass is 530 g/mol. The lowest BCUT2D eigenvalue weighted by molar-refractivity contribution is -0.138. The zero-order valence-electron chi connectivity index (χ0n) is 23.7. The summed E-state index contributed by atoms with van der Waals surface area (Å²) in [5.74, 6) is 0.518. The van der Waals surface area contributed by atoms with E-state index in [1.807, 2.05) is 39.0 Å². The maximum absolute atomic E-state index is 11.4. The van der Waals surface area contributed by atoms with Gasteiger partial charge in [-0.1, -0.05) is 30.3 Å². The molecule has 0 saturated heterocycles. The fraction of sp³-hybridized carbons (Fsp3) is 0.406. The largest absolute Gasteiger partial charge is 0.494 e. The molecule has 206 valence electrons. The van der Waals surface area contributed by atoms with Gasteiger partial charge in [0.2, 0.25) is 5.88 Å². The molecule has 7 heteroatoms. The number of carboxylic acid groups (broad SMARTS) is 1. The molecule has 1 aromatic heterocycles. The Balaban J connectivity index is 1.39.